The summed E-state index contributed by atoms with van der Waals surface area (Å²) in [6, 6.07) is 17.1. The maximum atomic E-state index is 9.48. The van der Waals surface area contributed by atoms with E-state index < -0.39 is 5.79 Å². The summed E-state index contributed by atoms with van der Waals surface area (Å²) in [5, 5.41) is 9.48. The van der Waals surface area contributed by atoms with Crippen LogP contribution >= 0.6 is 0 Å². The Morgan fingerprint density at radius 3 is 2.40 bits per heavy atom. The van der Waals surface area contributed by atoms with E-state index in [1.807, 2.05) is 13.8 Å². The van der Waals surface area contributed by atoms with Crippen molar-refractivity contribution in [3.8, 4) is 5.75 Å². The van der Waals surface area contributed by atoms with E-state index >= 15 is 0 Å². The average molecular weight is 484 g/mol. The fourth-order valence-electron chi connectivity index (χ4n) is 4.48. The van der Waals surface area contributed by atoms with Gasteiger partial charge in [0.2, 0.25) is 5.79 Å². The molecule has 0 unspecified atom stereocenters. The second kappa shape index (κ2) is 15.2. The Hall–Kier alpha value is -1.92. The summed E-state index contributed by atoms with van der Waals surface area (Å²) >= 11 is 0. The van der Waals surface area contributed by atoms with Gasteiger partial charge in [-0.3, -0.25) is 0 Å². The maximum Gasteiger partial charge on any atom is 0.205 e. The van der Waals surface area contributed by atoms with E-state index in [1.165, 1.54) is 30.4 Å². The predicted molar refractivity (Wildman–Crippen MR) is 142 cm³/mol. The molecule has 0 amide bonds. The molecule has 1 aliphatic heterocycles. The standard InChI is InChI=1S/C30H45NO4/c1-30(2)34-25-28-24-27(15-16-29(28)35-30)17-19-31(20-21-32)18-9-3-4-10-22-33-23-11-8-14-26-12-6-5-7-13-26/h5-7,12-13,15-16,24,32H,3-4,8-11,14,17-23,25H2,1-2H3. The predicted octanol–water partition coefficient (Wildman–Crippen LogP) is 5.77. The van der Waals surface area contributed by atoms with Crippen LogP contribution in [0.3, 0.4) is 0 Å². The minimum Gasteiger partial charge on any atom is -0.463 e. The molecule has 0 saturated carbocycles. The smallest absolute Gasteiger partial charge is 0.205 e. The molecule has 0 fully saturated rings. The van der Waals surface area contributed by atoms with Crippen LogP contribution in [0.4, 0.5) is 0 Å². The number of benzene rings is 2. The number of aryl methyl sites for hydroxylation is 1. The highest BCUT2D eigenvalue weighted by Gasteiger charge is 2.27. The lowest BCUT2D eigenvalue weighted by atomic mass is 10.1. The van der Waals surface area contributed by atoms with Crippen LogP contribution in [0, 0.1) is 0 Å². The van der Waals surface area contributed by atoms with Crippen molar-refractivity contribution < 1.29 is 19.3 Å². The van der Waals surface area contributed by atoms with Crippen molar-refractivity contribution in [2.75, 3.05) is 39.5 Å². The quantitative estimate of drug-likeness (QED) is 0.290. The third-order valence-corrected chi connectivity index (χ3v) is 6.55. The van der Waals surface area contributed by atoms with E-state index in [-0.39, 0.29) is 6.61 Å². The van der Waals surface area contributed by atoms with Crippen LogP contribution in [0.15, 0.2) is 48.5 Å². The van der Waals surface area contributed by atoms with Gasteiger partial charge in [0.05, 0.1) is 13.2 Å². The molecule has 194 valence electrons. The summed E-state index contributed by atoms with van der Waals surface area (Å²) < 4.78 is 17.5. The highest BCUT2D eigenvalue weighted by molar-refractivity contribution is 5.38. The van der Waals surface area contributed by atoms with Gasteiger partial charge in [-0.25, -0.2) is 0 Å². The Balaban J connectivity index is 1.21. The largest absolute Gasteiger partial charge is 0.463 e. The molecular weight excluding hydrogens is 438 g/mol. The van der Waals surface area contributed by atoms with E-state index in [0.29, 0.717) is 6.61 Å². The SMILES string of the molecule is CC1(C)OCc2cc(CCN(CCO)CCCCCCOCCCCc3ccccc3)ccc2O1. The second-order valence-corrected chi connectivity index (χ2v) is 10.0. The Labute approximate surface area is 212 Å². The summed E-state index contributed by atoms with van der Waals surface area (Å²) in [6.45, 7) is 9.15. The molecule has 0 aromatic heterocycles. The number of rotatable bonds is 17. The average Bonchev–Trinajstić information content (AvgIpc) is 2.86. The summed E-state index contributed by atoms with van der Waals surface area (Å²) in [5.41, 5.74) is 3.83. The number of aliphatic hydroxyl groups is 1. The Morgan fingerprint density at radius 1 is 0.829 bits per heavy atom. The van der Waals surface area contributed by atoms with E-state index in [1.54, 1.807) is 0 Å². The van der Waals surface area contributed by atoms with Crippen LogP contribution in [0.5, 0.6) is 5.75 Å². The van der Waals surface area contributed by atoms with Gasteiger partial charge < -0.3 is 24.2 Å². The molecule has 5 nitrogen and oxygen atoms in total. The summed E-state index contributed by atoms with van der Waals surface area (Å²) in [7, 11) is 0. The van der Waals surface area contributed by atoms with Crippen molar-refractivity contribution in [3.63, 3.8) is 0 Å². The maximum absolute atomic E-state index is 9.48. The number of fused-ring (bicyclic) bond motifs is 1. The first-order chi connectivity index (χ1) is 17.1. The van der Waals surface area contributed by atoms with Gasteiger partial charge in [0.15, 0.2) is 0 Å². The van der Waals surface area contributed by atoms with Crippen LogP contribution in [-0.4, -0.2) is 55.2 Å². The van der Waals surface area contributed by atoms with Crippen molar-refractivity contribution in [2.45, 2.75) is 77.6 Å². The summed E-state index contributed by atoms with van der Waals surface area (Å²) in [4.78, 5) is 2.37. The Kier molecular flexibility index (Phi) is 12.1. The molecule has 2 aromatic rings. The van der Waals surface area contributed by atoms with Crippen LogP contribution in [0.2, 0.25) is 0 Å². The first-order valence-corrected chi connectivity index (χ1v) is 13.5. The summed E-state index contributed by atoms with van der Waals surface area (Å²) in [5.74, 6) is 0.370. The van der Waals surface area contributed by atoms with E-state index in [2.05, 4.69) is 53.4 Å². The normalized spacial score (nSPS) is 14.6. The van der Waals surface area contributed by atoms with Gasteiger partial charge in [-0.1, -0.05) is 49.2 Å². The molecule has 0 spiro atoms. The number of hydrogen-bond acceptors (Lipinski definition) is 5. The van der Waals surface area contributed by atoms with Gasteiger partial charge in [-0.05, 0) is 68.3 Å². The van der Waals surface area contributed by atoms with Crippen molar-refractivity contribution >= 4 is 0 Å². The van der Waals surface area contributed by atoms with Crippen molar-refractivity contribution in [2.24, 2.45) is 0 Å². The minimum atomic E-state index is -0.554. The second-order valence-electron chi connectivity index (χ2n) is 10.0. The molecule has 2 aromatic carbocycles. The van der Waals surface area contributed by atoms with Crippen molar-refractivity contribution in [3.05, 3.63) is 65.2 Å². The lowest BCUT2D eigenvalue weighted by molar-refractivity contribution is -0.180. The number of nitrogens with zero attached hydrogens (tertiary/aromatic N) is 1. The first-order valence-electron chi connectivity index (χ1n) is 13.5. The van der Waals surface area contributed by atoms with E-state index in [4.69, 9.17) is 14.2 Å². The summed E-state index contributed by atoms with van der Waals surface area (Å²) in [6.07, 6.45) is 9.15. The molecule has 0 atom stereocenters. The Bertz CT molecular complexity index is 840. The molecule has 0 bridgehead atoms. The Morgan fingerprint density at radius 2 is 1.60 bits per heavy atom. The highest BCUT2D eigenvalue weighted by atomic mass is 16.7. The number of aliphatic hydroxyl groups excluding tert-OH is 1. The van der Waals surface area contributed by atoms with Gasteiger partial charge >= 0.3 is 0 Å². The first kappa shape index (κ1) is 27.7. The molecule has 0 saturated heterocycles. The molecule has 35 heavy (non-hydrogen) atoms. The van der Waals surface area contributed by atoms with Gasteiger partial charge in [0.1, 0.15) is 5.75 Å². The molecule has 1 N–H and O–H groups in total. The lowest BCUT2D eigenvalue weighted by Gasteiger charge is -2.32. The van der Waals surface area contributed by atoms with Gasteiger partial charge in [-0.2, -0.15) is 0 Å². The topological polar surface area (TPSA) is 51.2 Å². The van der Waals surface area contributed by atoms with Gasteiger partial charge in [0.25, 0.3) is 0 Å². The zero-order valence-corrected chi connectivity index (χ0v) is 21.8. The molecule has 1 heterocycles. The third kappa shape index (κ3) is 10.7. The van der Waals surface area contributed by atoms with Crippen molar-refractivity contribution in [1.29, 1.82) is 0 Å². The highest BCUT2D eigenvalue weighted by Crippen LogP contribution is 2.31. The third-order valence-electron chi connectivity index (χ3n) is 6.55. The lowest BCUT2D eigenvalue weighted by Crippen LogP contribution is -2.35. The van der Waals surface area contributed by atoms with E-state index in [0.717, 1.165) is 76.3 Å². The minimum absolute atomic E-state index is 0.207. The molecule has 0 aliphatic carbocycles. The zero-order valence-electron chi connectivity index (χ0n) is 21.8. The zero-order chi connectivity index (χ0) is 24.8. The molecular formula is C30H45NO4. The van der Waals surface area contributed by atoms with Crippen LogP contribution < -0.4 is 4.74 Å². The van der Waals surface area contributed by atoms with Crippen LogP contribution in [-0.2, 0) is 28.9 Å². The van der Waals surface area contributed by atoms with Crippen LogP contribution in [0.25, 0.3) is 0 Å². The fraction of sp³-hybridized carbons (Fsp3) is 0.600. The molecule has 3 rings (SSSR count). The van der Waals surface area contributed by atoms with Crippen LogP contribution in [0.1, 0.15) is 69.1 Å². The number of unbranched alkanes of at least 4 members (excludes halogenated alkanes) is 4. The fourth-order valence-corrected chi connectivity index (χ4v) is 4.48. The molecule has 0 radical (unpaired) electrons. The van der Waals surface area contributed by atoms with Crippen molar-refractivity contribution in [1.82, 2.24) is 4.90 Å². The molecule has 5 heteroatoms. The molecule has 1 aliphatic rings. The van der Waals surface area contributed by atoms with Gasteiger partial charge in [-0.15, -0.1) is 0 Å². The number of ether oxygens (including phenoxy) is 3. The van der Waals surface area contributed by atoms with Gasteiger partial charge in [0, 0.05) is 45.7 Å². The number of hydrogen-bond donors (Lipinski definition) is 1. The monoisotopic (exact) mass is 483 g/mol. The van der Waals surface area contributed by atoms with E-state index in [9.17, 15) is 5.11 Å².